The van der Waals surface area contributed by atoms with Crippen LogP contribution in [-0.2, 0) is 38.5 Å². The Morgan fingerprint density at radius 3 is 1.75 bits per heavy atom. The topological polar surface area (TPSA) is 142 Å². The number of rotatable bonds is 15. The van der Waals surface area contributed by atoms with Gasteiger partial charge in [-0.25, -0.2) is 17.0 Å². The van der Waals surface area contributed by atoms with Gasteiger partial charge in [0.05, 0.1) is 30.3 Å². The predicted octanol–water partition coefficient (Wildman–Crippen LogP) is 8.47. The molecule has 0 aliphatic heterocycles. The lowest BCUT2D eigenvalue weighted by Gasteiger charge is -2.34. The van der Waals surface area contributed by atoms with Crippen LogP contribution in [0.5, 0.6) is 23.0 Å². The largest absolute Gasteiger partial charge is 0.598 e. The third kappa shape index (κ3) is 8.12. The normalized spacial score (nSPS) is 13.3. The molecule has 0 aliphatic rings. The molecule has 2 N–H and O–H groups in total. The van der Waals surface area contributed by atoms with Crippen molar-refractivity contribution in [3.05, 3.63) is 150 Å². The molecule has 0 fully saturated rings. The van der Waals surface area contributed by atoms with Gasteiger partial charge in [0.25, 0.3) is 10.0 Å². The van der Waals surface area contributed by atoms with Crippen molar-refractivity contribution in [2.75, 3.05) is 14.2 Å². The molecule has 5 aromatic carbocycles. The van der Waals surface area contributed by atoms with Gasteiger partial charge in [-0.3, -0.25) is 0 Å². The first kappa shape index (κ1) is 38.0. The number of fused-ring (bicyclic) bond motifs is 1. The zero-order valence-corrected chi connectivity index (χ0v) is 32.3. The maximum atomic E-state index is 15.2. The molecule has 6 rings (SSSR count). The first-order valence-corrected chi connectivity index (χ1v) is 21.1. The van der Waals surface area contributed by atoms with Crippen LogP contribution < -0.4 is 23.7 Å². The average molecular weight is 773 g/mol. The summed E-state index contributed by atoms with van der Waals surface area (Å²) in [5.74, 6) is 0.980. The summed E-state index contributed by atoms with van der Waals surface area (Å²) in [5, 5.41) is 6.79. The van der Waals surface area contributed by atoms with E-state index in [2.05, 4.69) is 0 Å². The van der Waals surface area contributed by atoms with Crippen LogP contribution in [0.1, 0.15) is 36.6 Å². The highest BCUT2D eigenvalue weighted by Gasteiger charge is 2.44. The fourth-order valence-corrected chi connectivity index (χ4v) is 10.3. The van der Waals surface area contributed by atoms with Gasteiger partial charge < -0.3 is 23.1 Å². The number of benzene rings is 5. The van der Waals surface area contributed by atoms with E-state index in [0.29, 0.717) is 33.5 Å². The van der Waals surface area contributed by atoms with Crippen molar-refractivity contribution < 1.29 is 36.1 Å². The van der Waals surface area contributed by atoms with Crippen molar-refractivity contribution in [3.63, 3.8) is 0 Å². The summed E-state index contributed by atoms with van der Waals surface area (Å²) in [6.45, 7) is 3.59. The summed E-state index contributed by atoms with van der Waals surface area (Å²) >= 11 is -1.86. The minimum Gasteiger partial charge on any atom is -0.598 e. The first-order valence-electron chi connectivity index (χ1n) is 16.8. The van der Waals surface area contributed by atoms with Crippen LogP contribution in [-0.4, -0.2) is 35.9 Å². The third-order valence-electron chi connectivity index (χ3n) is 9.18. The SMILES string of the molecule is COc1cc(OC)cc(C(Cc2c(CP(=O)(Oc3ccccc3)Oc3ccccc3)n(S(=O)(=O)c3ccccc3)c3ccccc23)C(C)(C)[S+](N)[O-])c1. The number of para-hydroxylation sites is 3. The highest BCUT2D eigenvalue weighted by molar-refractivity contribution is 7.90. The van der Waals surface area contributed by atoms with Crippen LogP contribution in [0, 0.1) is 0 Å². The Morgan fingerprint density at radius 1 is 0.755 bits per heavy atom. The number of nitrogens with two attached hydrogens (primary N) is 1. The van der Waals surface area contributed by atoms with Crippen molar-refractivity contribution in [1.82, 2.24) is 3.97 Å². The zero-order chi connectivity index (χ0) is 37.8. The zero-order valence-electron chi connectivity index (χ0n) is 29.7. The fraction of sp³-hybridized carbons (Fsp3) is 0.200. The summed E-state index contributed by atoms with van der Waals surface area (Å²) in [6.07, 6.45) is -0.330. The Bertz CT molecular complexity index is 2270. The Hall–Kier alpha value is -4.71. The molecule has 0 saturated heterocycles. The number of nitrogens with zero attached hydrogens (tertiary/aromatic N) is 1. The second kappa shape index (κ2) is 15.7. The number of ether oxygens (including phenoxy) is 2. The molecule has 53 heavy (non-hydrogen) atoms. The predicted molar refractivity (Wildman–Crippen MR) is 209 cm³/mol. The Kier molecular flexibility index (Phi) is 11.3. The van der Waals surface area contributed by atoms with Crippen LogP contribution in [0.15, 0.2) is 138 Å². The van der Waals surface area contributed by atoms with Gasteiger partial charge in [-0.15, -0.1) is 0 Å². The van der Waals surface area contributed by atoms with Crippen molar-refractivity contribution in [1.29, 1.82) is 0 Å². The van der Waals surface area contributed by atoms with Gasteiger partial charge in [0, 0.05) is 28.7 Å². The van der Waals surface area contributed by atoms with Crippen molar-refractivity contribution in [2.24, 2.45) is 5.14 Å². The van der Waals surface area contributed by atoms with E-state index in [1.54, 1.807) is 111 Å². The van der Waals surface area contributed by atoms with E-state index in [1.165, 1.54) is 30.3 Å². The van der Waals surface area contributed by atoms with E-state index in [1.807, 2.05) is 24.3 Å². The Morgan fingerprint density at radius 2 is 1.25 bits per heavy atom. The second-order valence-electron chi connectivity index (χ2n) is 12.9. The fourth-order valence-electron chi connectivity index (χ4n) is 6.38. The Labute approximate surface area is 313 Å². The molecule has 276 valence electrons. The van der Waals surface area contributed by atoms with Crippen LogP contribution in [0.3, 0.4) is 0 Å². The summed E-state index contributed by atoms with van der Waals surface area (Å²) in [6, 6.07) is 37.7. The molecule has 10 nitrogen and oxygen atoms in total. The molecule has 0 aliphatic carbocycles. The number of aromatic nitrogens is 1. The van der Waals surface area contributed by atoms with Crippen LogP contribution in [0.2, 0.25) is 0 Å². The van der Waals surface area contributed by atoms with Gasteiger partial charge in [-0.2, -0.15) is 5.14 Å². The molecule has 6 aromatic rings. The second-order valence-corrected chi connectivity index (χ2v) is 18.2. The average Bonchev–Trinajstić information content (AvgIpc) is 3.46. The van der Waals surface area contributed by atoms with E-state index < -0.39 is 45.8 Å². The van der Waals surface area contributed by atoms with Gasteiger partial charge in [0.1, 0.15) is 33.9 Å². The summed E-state index contributed by atoms with van der Waals surface area (Å²) in [7, 11) is -5.50. The molecule has 1 aromatic heterocycles. The van der Waals surface area contributed by atoms with Crippen LogP contribution >= 0.6 is 7.60 Å². The molecule has 0 bridgehead atoms. The maximum absolute atomic E-state index is 15.2. The van der Waals surface area contributed by atoms with Crippen LogP contribution in [0.4, 0.5) is 0 Å². The minimum atomic E-state index is -4.31. The number of methoxy groups -OCH3 is 2. The smallest absolute Gasteiger partial charge is 0.436 e. The first-order chi connectivity index (χ1) is 25.4. The summed E-state index contributed by atoms with van der Waals surface area (Å²) < 4.78 is 82.0. The van der Waals surface area contributed by atoms with Crippen molar-refractivity contribution >= 4 is 39.9 Å². The third-order valence-corrected chi connectivity index (χ3v) is 13.9. The standard InChI is InChI=1S/C40H41N2O8PS2/c1-40(2,52(41)44)37(29-24-32(47-3)26-33(25-29)48-4)27-36-35-22-14-15-23-38(35)42(53(45,46)34-20-12-7-13-21-34)39(36)28-51(43,49-30-16-8-5-9-17-30)50-31-18-10-6-11-19-31/h5-26,37H,27-28,41H2,1-4H3. The maximum Gasteiger partial charge on any atom is 0.436 e. The summed E-state index contributed by atoms with van der Waals surface area (Å²) in [5.41, 5.74) is 1.78. The quantitative estimate of drug-likeness (QED) is 0.0804. The lowest BCUT2D eigenvalue weighted by Crippen LogP contribution is -2.44. The van der Waals surface area contributed by atoms with E-state index >= 15 is 4.57 Å². The molecule has 1 heterocycles. The molecule has 0 saturated carbocycles. The molecular weight excluding hydrogens is 732 g/mol. The molecular formula is C40H41N2O8PS2. The van der Waals surface area contributed by atoms with E-state index in [9.17, 15) is 13.0 Å². The number of hydrogen-bond acceptors (Lipinski definition) is 9. The van der Waals surface area contributed by atoms with Crippen molar-refractivity contribution in [3.8, 4) is 23.0 Å². The van der Waals surface area contributed by atoms with E-state index in [0.717, 1.165) is 0 Å². The van der Waals surface area contributed by atoms with Crippen LogP contribution in [0.25, 0.3) is 10.9 Å². The number of hydrogen-bond donors (Lipinski definition) is 1. The summed E-state index contributed by atoms with van der Waals surface area (Å²) in [4.78, 5) is 0.0359. The monoisotopic (exact) mass is 772 g/mol. The molecule has 0 radical (unpaired) electrons. The van der Waals surface area contributed by atoms with Gasteiger partial charge >= 0.3 is 7.60 Å². The molecule has 13 heteroatoms. The highest BCUT2D eigenvalue weighted by Crippen LogP contribution is 2.54. The lowest BCUT2D eigenvalue weighted by atomic mass is 9.82. The molecule has 2 atom stereocenters. The minimum absolute atomic E-state index is 0.0359. The van der Waals surface area contributed by atoms with Gasteiger partial charge in [0.2, 0.25) is 0 Å². The lowest BCUT2D eigenvalue weighted by molar-refractivity contribution is 0.383. The molecule has 0 amide bonds. The van der Waals surface area contributed by atoms with Gasteiger partial charge in [-0.05, 0) is 86.0 Å². The molecule has 2 unspecified atom stereocenters. The highest BCUT2D eigenvalue weighted by atomic mass is 32.2. The van der Waals surface area contributed by atoms with E-state index in [4.69, 9.17) is 23.7 Å². The van der Waals surface area contributed by atoms with E-state index in [-0.39, 0.29) is 28.5 Å². The van der Waals surface area contributed by atoms with Gasteiger partial charge in [-0.1, -0.05) is 72.8 Å². The van der Waals surface area contributed by atoms with Gasteiger partial charge in [0.15, 0.2) is 0 Å². The Balaban J connectivity index is 1.64. The van der Waals surface area contributed by atoms with Crippen molar-refractivity contribution in [2.45, 2.75) is 42.0 Å². The molecule has 0 spiro atoms.